The van der Waals surface area contributed by atoms with E-state index in [0.717, 1.165) is 28.8 Å². The normalized spacial score (nSPS) is 19.5. The third-order valence-electron chi connectivity index (χ3n) is 6.76. The number of rotatable bonds is 11. The minimum atomic E-state index is -0.766. The van der Waals surface area contributed by atoms with Gasteiger partial charge in [-0.25, -0.2) is 9.59 Å². The summed E-state index contributed by atoms with van der Waals surface area (Å²) < 4.78 is 21.7. The lowest BCUT2D eigenvalue weighted by atomic mass is 9.75. The zero-order valence-corrected chi connectivity index (χ0v) is 21.7. The smallest absolute Gasteiger partial charge is 0.490 e. The van der Waals surface area contributed by atoms with Crippen LogP contribution in [0, 0.1) is 17.8 Å². The molecule has 3 unspecified atom stereocenters. The van der Waals surface area contributed by atoms with Crippen molar-refractivity contribution in [1.29, 1.82) is 0 Å². The van der Waals surface area contributed by atoms with Gasteiger partial charge in [0.25, 0.3) is 0 Å². The van der Waals surface area contributed by atoms with Crippen LogP contribution in [0.5, 0.6) is 5.75 Å². The number of hydrogen-bond donors (Lipinski definition) is 0. The Kier molecular flexibility index (Phi) is 9.97. The summed E-state index contributed by atoms with van der Waals surface area (Å²) in [5.74, 6) is 2.44. The Hall–Kier alpha value is -3.28. The van der Waals surface area contributed by atoms with Crippen LogP contribution in [0.25, 0.3) is 16.5 Å². The van der Waals surface area contributed by atoms with E-state index in [1.54, 1.807) is 12.1 Å². The summed E-state index contributed by atoms with van der Waals surface area (Å²) >= 11 is 0. The summed E-state index contributed by atoms with van der Waals surface area (Å²) in [5, 5.41) is 1.94. The highest BCUT2D eigenvalue weighted by Gasteiger charge is 2.32. The molecule has 2 aromatic rings. The molecule has 3 rings (SSSR count). The van der Waals surface area contributed by atoms with Crippen LogP contribution >= 0.6 is 0 Å². The Morgan fingerprint density at radius 1 is 1.03 bits per heavy atom. The van der Waals surface area contributed by atoms with Crippen LogP contribution in [-0.2, 0) is 19.0 Å². The fraction of sp³-hybridized carbons (Fsp3) is 0.467. The molecule has 0 N–H and O–H groups in total. The van der Waals surface area contributed by atoms with Gasteiger partial charge in [0.05, 0.1) is 13.2 Å². The third kappa shape index (κ3) is 7.87. The monoisotopic (exact) mass is 494 g/mol. The van der Waals surface area contributed by atoms with Gasteiger partial charge in [-0.15, -0.1) is 0 Å². The minimum Gasteiger partial charge on any atom is -0.490 e. The molecule has 0 aromatic heterocycles. The van der Waals surface area contributed by atoms with Crippen LogP contribution in [0.2, 0.25) is 0 Å². The number of esters is 1. The number of benzene rings is 2. The van der Waals surface area contributed by atoms with E-state index in [9.17, 15) is 9.59 Å². The van der Waals surface area contributed by atoms with Crippen molar-refractivity contribution in [1.82, 2.24) is 0 Å². The molecule has 0 heterocycles. The molecule has 6 nitrogen and oxygen atoms in total. The van der Waals surface area contributed by atoms with Gasteiger partial charge in [-0.3, -0.25) is 0 Å². The topological polar surface area (TPSA) is 71.1 Å². The molecule has 1 aliphatic carbocycles. The van der Waals surface area contributed by atoms with Crippen LogP contribution in [0.1, 0.15) is 58.4 Å². The highest BCUT2D eigenvalue weighted by Crippen LogP contribution is 2.37. The van der Waals surface area contributed by atoms with Gasteiger partial charge >= 0.3 is 12.1 Å². The van der Waals surface area contributed by atoms with Gasteiger partial charge in [-0.05, 0) is 72.4 Å². The maximum absolute atomic E-state index is 12.0. The van der Waals surface area contributed by atoms with E-state index in [1.165, 1.54) is 12.8 Å². The third-order valence-corrected chi connectivity index (χ3v) is 6.76. The Bertz CT molecular complexity index is 1070. The molecule has 0 amide bonds. The van der Waals surface area contributed by atoms with Crippen molar-refractivity contribution in [3.63, 3.8) is 0 Å². The largest absolute Gasteiger partial charge is 0.513 e. The summed E-state index contributed by atoms with van der Waals surface area (Å²) in [6.07, 6.45) is 5.21. The highest BCUT2D eigenvalue weighted by molar-refractivity contribution is 5.87. The number of carbonyl (C=O) groups is 2. The van der Waals surface area contributed by atoms with Crippen LogP contribution < -0.4 is 4.74 Å². The summed E-state index contributed by atoms with van der Waals surface area (Å²) in [6.45, 7) is 14.8. The molecule has 1 aliphatic rings. The number of fused-ring (bicyclic) bond motifs is 1. The molecular formula is C30H38O6. The zero-order chi connectivity index (χ0) is 26.1. The molecule has 3 atom stereocenters. The number of unbranched alkanes of at least 4 members (excludes halogenated alkanes) is 1. The van der Waals surface area contributed by atoms with Crippen LogP contribution in [0.15, 0.2) is 55.6 Å². The molecule has 194 valence electrons. The average molecular weight is 495 g/mol. The summed E-state index contributed by atoms with van der Waals surface area (Å²) in [6, 6.07) is 11.5. The lowest BCUT2D eigenvalue weighted by Gasteiger charge is -2.37. The lowest BCUT2D eigenvalue weighted by Crippen LogP contribution is -2.33. The van der Waals surface area contributed by atoms with Gasteiger partial charge in [0, 0.05) is 11.6 Å². The molecule has 6 heteroatoms. The first-order valence-corrected chi connectivity index (χ1v) is 12.8. The van der Waals surface area contributed by atoms with Gasteiger partial charge in [0.15, 0.2) is 0 Å². The Morgan fingerprint density at radius 3 is 2.44 bits per heavy atom. The number of ether oxygens (including phenoxy) is 4. The summed E-state index contributed by atoms with van der Waals surface area (Å²) in [7, 11) is 0. The molecule has 2 aromatic carbocycles. The lowest BCUT2D eigenvalue weighted by molar-refractivity contribution is -0.137. The summed E-state index contributed by atoms with van der Waals surface area (Å²) in [4.78, 5) is 23.0. The van der Waals surface area contributed by atoms with Crippen molar-refractivity contribution < 1.29 is 28.5 Å². The second-order valence-electron chi connectivity index (χ2n) is 9.91. The van der Waals surface area contributed by atoms with Crippen molar-refractivity contribution >= 4 is 28.7 Å². The van der Waals surface area contributed by atoms with Gasteiger partial charge in [0.1, 0.15) is 17.6 Å². The predicted octanol–water partition coefficient (Wildman–Crippen LogP) is 7.31. The van der Waals surface area contributed by atoms with Crippen molar-refractivity contribution in [3.05, 3.63) is 61.2 Å². The highest BCUT2D eigenvalue weighted by atomic mass is 16.7. The molecular weight excluding hydrogens is 456 g/mol. The molecule has 36 heavy (non-hydrogen) atoms. The molecule has 0 bridgehead atoms. The average Bonchev–Trinajstić information content (AvgIpc) is 2.85. The molecule has 0 radical (unpaired) electrons. The van der Waals surface area contributed by atoms with Crippen molar-refractivity contribution in [2.24, 2.45) is 17.8 Å². The molecule has 0 aliphatic heterocycles. The minimum absolute atomic E-state index is 0.182. The van der Waals surface area contributed by atoms with Gasteiger partial charge in [-0.1, -0.05) is 58.5 Å². The van der Waals surface area contributed by atoms with E-state index in [2.05, 4.69) is 40.0 Å². The number of hydrogen-bond acceptors (Lipinski definition) is 6. The van der Waals surface area contributed by atoms with E-state index in [1.807, 2.05) is 18.2 Å². The quantitative estimate of drug-likeness (QED) is 0.107. The fourth-order valence-electron chi connectivity index (χ4n) is 4.68. The second-order valence-corrected chi connectivity index (χ2v) is 9.91. The molecule has 1 fully saturated rings. The van der Waals surface area contributed by atoms with Crippen LogP contribution in [0.3, 0.4) is 0 Å². The first-order valence-electron chi connectivity index (χ1n) is 12.8. The van der Waals surface area contributed by atoms with E-state index >= 15 is 0 Å². The maximum atomic E-state index is 12.0. The Morgan fingerprint density at radius 2 is 1.72 bits per heavy atom. The van der Waals surface area contributed by atoms with E-state index in [0.29, 0.717) is 42.1 Å². The number of carbonyl (C=O) groups excluding carboxylic acids is 2. The fourth-order valence-corrected chi connectivity index (χ4v) is 4.68. The van der Waals surface area contributed by atoms with Crippen molar-refractivity contribution in [2.45, 2.75) is 59.0 Å². The van der Waals surface area contributed by atoms with E-state index in [-0.39, 0.29) is 19.3 Å². The van der Waals surface area contributed by atoms with Gasteiger partial charge < -0.3 is 18.9 Å². The Balaban J connectivity index is 1.52. The van der Waals surface area contributed by atoms with Crippen molar-refractivity contribution in [3.8, 4) is 5.75 Å². The first-order chi connectivity index (χ1) is 17.3. The van der Waals surface area contributed by atoms with Crippen molar-refractivity contribution in [2.75, 3.05) is 13.2 Å². The van der Waals surface area contributed by atoms with Gasteiger partial charge in [0.2, 0.25) is 0 Å². The van der Waals surface area contributed by atoms with Crippen LogP contribution in [0.4, 0.5) is 4.79 Å². The van der Waals surface area contributed by atoms with Crippen LogP contribution in [-0.4, -0.2) is 31.4 Å². The predicted molar refractivity (Wildman–Crippen MR) is 142 cm³/mol. The SMILES string of the molecule is C=CC(=O)OCCCCOC(=O)Oc1ccc2cc(C(=C)OC3CC(C)CCC3C(C)C)ccc2c1. The zero-order valence-electron chi connectivity index (χ0n) is 21.7. The maximum Gasteiger partial charge on any atom is 0.513 e. The standard InChI is InChI=1S/C30H38O6/c1-6-29(31)33-15-7-8-16-34-30(32)36-26-13-12-24-18-23(10-11-25(24)19-26)22(5)35-28-17-21(4)9-14-27(28)20(2)3/h6,10-13,18-21,27-28H,1,5,7-9,14-17H2,2-4H3. The van der Waals surface area contributed by atoms with E-state index < -0.39 is 12.1 Å². The van der Waals surface area contributed by atoms with Gasteiger partial charge in [-0.2, -0.15) is 0 Å². The Labute approximate surface area is 214 Å². The molecule has 0 saturated heterocycles. The first kappa shape index (κ1) is 27.3. The molecule has 0 spiro atoms. The summed E-state index contributed by atoms with van der Waals surface area (Å²) in [5.41, 5.74) is 0.954. The van der Waals surface area contributed by atoms with E-state index in [4.69, 9.17) is 18.9 Å². The second kappa shape index (κ2) is 13.1. The molecule has 1 saturated carbocycles.